The van der Waals surface area contributed by atoms with Crippen molar-refractivity contribution in [2.75, 3.05) is 11.9 Å². The molecule has 0 atom stereocenters. The van der Waals surface area contributed by atoms with Gasteiger partial charge in [0.05, 0.1) is 17.5 Å². The van der Waals surface area contributed by atoms with Crippen LogP contribution in [-0.2, 0) is 6.42 Å². The Labute approximate surface area is 175 Å². The Hall–Kier alpha value is -3.59. The Kier molecular flexibility index (Phi) is 4.72. The summed E-state index contributed by atoms with van der Waals surface area (Å²) in [6.45, 7) is 2.70. The van der Waals surface area contributed by atoms with Crippen molar-refractivity contribution >= 4 is 38.5 Å². The van der Waals surface area contributed by atoms with Crippen LogP contribution in [0.3, 0.4) is 0 Å². The Bertz CT molecular complexity index is 1380. The van der Waals surface area contributed by atoms with Crippen molar-refractivity contribution in [3.63, 3.8) is 0 Å². The number of aromatic nitrogens is 6. The van der Waals surface area contributed by atoms with Crippen molar-refractivity contribution in [2.24, 2.45) is 0 Å². The maximum Gasteiger partial charge on any atom is 0.276 e. The fourth-order valence-corrected chi connectivity index (χ4v) is 4.19. The first-order valence-electron chi connectivity index (χ1n) is 9.65. The highest BCUT2D eigenvalue weighted by Gasteiger charge is 2.14. The molecule has 0 fully saturated rings. The number of anilines is 1. The largest absolute Gasteiger partial charge is 0.368 e. The summed E-state index contributed by atoms with van der Waals surface area (Å²) in [4.78, 5) is 33.6. The number of rotatable bonds is 6. The number of nitrogens with one attached hydrogen (secondary N) is 2. The highest BCUT2D eigenvalue weighted by molar-refractivity contribution is 7.17. The lowest BCUT2D eigenvalue weighted by atomic mass is 10.2. The van der Waals surface area contributed by atoms with Crippen molar-refractivity contribution in [3.8, 4) is 5.69 Å². The molecule has 4 heterocycles. The molecule has 1 aromatic carbocycles. The molecule has 5 rings (SSSR count). The Morgan fingerprint density at radius 3 is 2.87 bits per heavy atom. The van der Waals surface area contributed by atoms with Gasteiger partial charge in [-0.1, -0.05) is 17.7 Å². The minimum Gasteiger partial charge on any atom is -0.368 e. The van der Waals surface area contributed by atoms with Gasteiger partial charge in [0.1, 0.15) is 22.4 Å². The van der Waals surface area contributed by atoms with E-state index in [-0.39, 0.29) is 5.56 Å². The fourth-order valence-electron chi connectivity index (χ4n) is 3.43. The zero-order chi connectivity index (χ0) is 20.5. The molecule has 0 amide bonds. The zero-order valence-electron chi connectivity index (χ0n) is 16.3. The summed E-state index contributed by atoms with van der Waals surface area (Å²) in [5, 5.41) is 5.22. The summed E-state index contributed by atoms with van der Waals surface area (Å²) in [5.41, 5.74) is 4.14. The number of benzene rings is 1. The quantitative estimate of drug-likeness (QED) is 0.410. The standard InChI is InChI=1S/C21H19N7OS/c1-13-4-6-14(7-5-13)28-16(27-15-8-10-30-18(15)21(28)29)3-2-9-22-19-17-20(24-11-23-17)26-12-25-19/h4-8,10-12H,2-3,9H2,1H3,(H2,22,23,24,25,26). The number of nitrogens with zero attached hydrogens (tertiary/aromatic N) is 5. The van der Waals surface area contributed by atoms with E-state index in [4.69, 9.17) is 4.98 Å². The Balaban J connectivity index is 1.41. The molecule has 150 valence electrons. The van der Waals surface area contributed by atoms with Crippen LogP contribution in [0.15, 0.2) is 53.2 Å². The smallest absolute Gasteiger partial charge is 0.276 e. The maximum absolute atomic E-state index is 13.2. The van der Waals surface area contributed by atoms with Crippen LogP contribution in [0.4, 0.5) is 5.82 Å². The molecule has 0 saturated heterocycles. The second-order valence-electron chi connectivity index (χ2n) is 6.99. The van der Waals surface area contributed by atoms with Crippen LogP contribution >= 0.6 is 11.3 Å². The van der Waals surface area contributed by atoms with Gasteiger partial charge in [-0.2, -0.15) is 0 Å². The third-order valence-electron chi connectivity index (χ3n) is 4.93. The summed E-state index contributed by atoms with van der Waals surface area (Å²) in [7, 11) is 0. The van der Waals surface area contributed by atoms with E-state index in [1.807, 2.05) is 42.6 Å². The second-order valence-corrected chi connectivity index (χ2v) is 7.91. The lowest BCUT2D eigenvalue weighted by Crippen LogP contribution is -2.23. The topological polar surface area (TPSA) is 101 Å². The molecule has 0 aliphatic carbocycles. The molecule has 9 heteroatoms. The van der Waals surface area contributed by atoms with Crippen molar-refractivity contribution in [1.82, 2.24) is 29.5 Å². The van der Waals surface area contributed by atoms with E-state index in [2.05, 4.69) is 25.3 Å². The predicted octanol–water partition coefficient (Wildman–Crippen LogP) is 3.47. The lowest BCUT2D eigenvalue weighted by Gasteiger charge is -2.13. The van der Waals surface area contributed by atoms with Crippen LogP contribution < -0.4 is 10.9 Å². The number of hydrogen-bond acceptors (Lipinski definition) is 7. The SMILES string of the molecule is Cc1ccc(-n2c(CCCNc3ncnc4[nH]cnc34)nc3ccsc3c2=O)cc1. The van der Waals surface area contributed by atoms with E-state index in [0.29, 0.717) is 34.6 Å². The van der Waals surface area contributed by atoms with Gasteiger partial charge < -0.3 is 10.3 Å². The minimum absolute atomic E-state index is 0.0177. The monoisotopic (exact) mass is 417 g/mol. The van der Waals surface area contributed by atoms with Gasteiger partial charge in [0.2, 0.25) is 0 Å². The number of aromatic amines is 1. The molecular weight excluding hydrogens is 398 g/mol. The molecule has 2 N–H and O–H groups in total. The van der Waals surface area contributed by atoms with Gasteiger partial charge in [-0.15, -0.1) is 11.3 Å². The number of imidazole rings is 1. The average molecular weight is 417 g/mol. The third kappa shape index (κ3) is 3.33. The fraction of sp³-hybridized carbons (Fsp3) is 0.190. The number of aryl methyl sites for hydroxylation is 2. The van der Waals surface area contributed by atoms with E-state index in [9.17, 15) is 4.79 Å². The Morgan fingerprint density at radius 2 is 2.00 bits per heavy atom. The predicted molar refractivity (Wildman–Crippen MR) is 118 cm³/mol. The van der Waals surface area contributed by atoms with Gasteiger partial charge in [0, 0.05) is 13.0 Å². The number of fused-ring (bicyclic) bond motifs is 2. The van der Waals surface area contributed by atoms with Gasteiger partial charge in [-0.05, 0) is 36.9 Å². The molecular formula is C21H19N7OS. The van der Waals surface area contributed by atoms with E-state index in [1.54, 1.807) is 10.9 Å². The Morgan fingerprint density at radius 1 is 1.13 bits per heavy atom. The lowest BCUT2D eigenvalue weighted by molar-refractivity contribution is 0.754. The summed E-state index contributed by atoms with van der Waals surface area (Å²) in [6.07, 6.45) is 4.54. The first-order chi connectivity index (χ1) is 14.7. The van der Waals surface area contributed by atoms with Crippen molar-refractivity contribution in [2.45, 2.75) is 19.8 Å². The van der Waals surface area contributed by atoms with Crippen LogP contribution in [-0.4, -0.2) is 36.0 Å². The van der Waals surface area contributed by atoms with Gasteiger partial charge in [0.25, 0.3) is 5.56 Å². The molecule has 0 aliphatic rings. The molecule has 0 radical (unpaired) electrons. The van der Waals surface area contributed by atoms with Crippen LogP contribution in [0.1, 0.15) is 17.8 Å². The van der Waals surface area contributed by atoms with Gasteiger partial charge >= 0.3 is 0 Å². The van der Waals surface area contributed by atoms with Crippen LogP contribution in [0.25, 0.3) is 27.1 Å². The molecule has 0 unspecified atom stereocenters. The second kappa shape index (κ2) is 7.68. The van der Waals surface area contributed by atoms with Crippen molar-refractivity contribution < 1.29 is 0 Å². The first kappa shape index (κ1) is 18.4. The van der Waals surface area contributed by atoms with E-state index in [1.165, 1.54) is 17.7 Å². The molecule has 0 spiro atoms. The minimum atomic E-state index is -0.0177. The molecule has 8 nitrogen and oxygen atoms in total. The molecule has 0 aliphatic heterocycles. The number of hydrogen-bond donors (Lipinski definition) is 2. The maximum atomic E-state index is 13.2. The van der Waals surface area contributed by atoms with Gasteiger partial charge in [0.15, 0.2) is 11.5 Å². The summed E-state index contributed by atoms with van der Waals surface area (Å²) in [5.74, 6) is 1.45. The highest BCUT2D eigenvalue weighted by atomic mass is 32.1. The van der Waals surface area contributed by atoms with Gasteiger partial charge in [-0.3, -0.25) is 9.36 Å². The summed E-state index contributed by atoms with van der Waals surface area (Å²) < 4.78 is 2.41. The van der Waals surface area contributed by atoms with E-state index < -0.39 is 0 Å². The average Bonchev–Trinajstić information content (AvgIpc) is 3.42. The zero-order valence-corrected chi connectivity index (χ0v) is 17.1. The molecule has 5 aromatic rings. The normalized spacial score (nSPS) is 11.4. The van der Waals surface area contributed by atoms with Crippen molar-refractivity contribution in [1.29, 1.82) is 0 Å². The summed E-state index contributed by atoms with van der Waals surface area (Å²) >= 11 is 1.43. The number of H-pyrrole nitrogens is 1. The third-order valence-corrected chi connectivity index (χ3v) is 5.82. The molecule has 30 heavy (non-hydrogen) atoms. The van der Waals surface area contributed by atoms with Crippen LogP contribution in [0.5, 0.6) is 0 Å². The van der Waals surface area contributed by atoms with Crippen molar-refractivity contribution in [3.05, 3.63) is 70.1 Å². The van der Waals surface area contributed by atoms with E-state index >= 15 is 0 Å². The van der Waals surface area contributed by atoms with Crippen LogP contribution in [0, 0.1) is 6.92 Å². The molecule has 0 bridgehead atoms. The first-order valence-corrected chi connectivity index (χ1v) is 10.5. The highest BCUT2D eigenvalue weighted by Crippen LogP contribution is 2.19. The van der Waals surface area contributed by atoms with Gasteiger partial charge in [-0.25, -0.2) is 19.9 Å². The molecule has 0 saturated carbocycles. The van der Waals surface area contributed by atoms with E-state index in [0.717, 1.165) is 29.0 Å². The number of thiophene rings is 1. The molecule has 4 aromatic heterocycles. The summed E-state index contributed by atoms with van der Waals surface area (Å²) in [6, 6.07) is 9.85. The van der Waals surface area contributed by atoms with Crippen LogP contribution in [0.2, 0.25) is 0 Å².